The fourth-order valence-electron chi connectivity index (χ4n) is 0.292. The van der Waals surface area contributed by atoms with Crippen molar-refractivity contribution in [3.8, 4) is 0 Å². The molecule has 0 saturated heterocycles. The lowest BCUT2D eigenvalue weighted by molar-refractivity contribution is 0.150. The van der Waals surface area contributed by atoms with Crippen LogP contribution in [0, 0.1) is 0 Å². The molecule has 0 bridgehead atoms. The van der Waals surface area contributed by atoms with Crippen LogP contribution in [0.2, 0.25) is 0 Å². The van der Waals surface area contributed by atoms with Crippen molar-refractivity contribution in [3.63, 3.8) is 0 Å². The Kier molecular flexibility index (Phi) is 6.58. The first kappa shape index (κ1) is 8.21. The average Bonchev–Trinajstić information content (AvgIpc) is 1.89. The predicted octanol–water partition coefficient (Wildman–Crippen LogP) is 1.85. The largest absolute Gasteiger partial charge is 0.395 e. The van der Waals surface area contributed by atoms with Gasteiger partial charge in [-0.15, -0.1) is 6.58 Å². The molecule has 51 valence electrons. The predicted molar refractivity (Wildman–Crippen MR) is 38.5 cm³/mol. The van der Waals surface area contributed by atoms with Gasteiger partial charge in [-0.2, -0.15) is 0 Å². The van der Waals surface area contributed by atoms with Crippen LogP contribution >= 0.6 is 0 Å². The summed E-state index contributed by atoms with van der Waals surface area (Å²) < 4.78 is 0. The third-order valence-electron chi connectivity index (χ3n) is 0.700. The van der Waals surface area contributed by atoms with E-state index in [1.54, 1.807) is 6.08 Å². The SMILES string of the molecule is C=CCCO/N=[C]/CC. The molecule has 0 fully saturated rings. The summed E-state index contributed by atoms with van der Waals surface area (Å²) in [4.78, 5) is 4.76. The van der Waals surface area contributed by atoms with Gasteiger partial charge in [-0.25, -0.2) is 0 Å². The Labute approximate surface area is 56.2 Å². The summed E-state index contributed by atoms with van der Waals surface area (Å²) in [5.41, 5.74) is 0. The highest BCUT2D eigenvalue weighted by Gasteiger charge is 1.76. The number of hydrogen-bond donors (Lipinski definition) is 0. The number of rotatable bonds is 5. The van der Waals surface area contributed by atoms with Gasteiger partial charge in [0.25, 0.3) is 0 Å². The first-order valence-electron chi connectivity index (χ1n) is 3.07. The minimum atomic E-state index is 0.608. The van der Waals surface area contributed by atoms with Gasteiger partial charge in [0, 0.05) is 6.42 Å². The molecule has 0 aliphatic rings. The lowest BCUT2D eigenvalue weighted by atomic mass is 10.5. The van der Waals surface area contributed by atoms with Gasteiger partial charge in [0.05, 0.1) is 0 Å². The van der Waals surface area contributed by atoms with Crippen LogP contribution in [-0.4, -0.2) is 12.8 Å². The van der Waals surface area contributed by atoms with Crippen molar-refractivity contribution in [2.45, 2.75) is 19.8 Å². The van der Waals surface area contributed by atoms with Crippen LogP contribution in [0.3, 0.4) is 0 Å². The highest BCUT2D eigenvalue weighted by Crippen LogP contribution is 1.82. The second-order valence-electron chi connectivity index (χ2n) is 1.51. The molecule has 0 aliphatic heterocycles. The molecular weight excluding hydrogens is 114 g/mol. The Hall–Kier alpha value is -0.790. The minimum absolute atomic E-state index is 0.608. The molecule has 0 N–H and O–H groups in total. The van der Waals surface area contributed by atoms with Crippen molar-refractivity contribution >= 4 is 6.21 Å². The molecule has 0 aromatic rings. The molecule has 0 rings (SSSR count). The van der Waals surface area contributed by atoms with E-state index in [2.05, 4.69) is 17.9 Å². The monoisotopic (exact) mass is 126 g/mol. The van der Waals surface area contributed by atoms with Gasteiger partial charge in [-0.05, 0) is 6.42 Å². The molecule has 1 radical (unpaired) electrons. The molecular formula is C7H12NO. The Morgan fingerprint density at radius 1 is 1.78 bits per heavy atom. The van der Waals surface area contributed by atoms with E-state index in [0.717, 1.165) is 12.8 Å². The molecule has 0 aliphatic carbocycles. The van der Waals surface area contributed by atoms with Crippen LogP contribution in [0.15, 0.2) is 17.8 Å². The third kappa shape index (κ3) is 7.21. The second kappa shape index (κ2) is 7.21. The smallest absolute Gasteiger partial charge is 0.120 e. The average molecular weight is 126 g/mol. The Balaban J connectivity index is 2.90. The first-order valence-corrected chi connectivity index (χ1v) is 3.07. The molecule has 9 heavy (non-hydrogen) atoms. The van der Waals surface area contributed by atoms with Gasteiger partial charge in [0.15, 0.2) is 0 Å². The topological polar surface area (TPSA) is 21.6 Å². The second-order valence-corrected chi connectivity index (χ2v) is 1.51. The van der Waals surface area contributed by atoms with E-state index in [9.17, 15) is 0 Å². The quantitative estimate of drug-likeness (QED) is 0.238. The van der Waals surface area contributed by atoms with Crippen LogP contribution in [0.1, 0.15) is 19.8 Å². The molecule has 0 aromatic carbocycles. The molecule has 0 saturated carbocycles. The van der Waals surface area contributed by atoms with Gasteiger partial charge in [0.2, 0.25) is 0 Å². The summed E-state index contributed by atoms with van der Waals surface area (Å²) in [5.74, 6) is 0. The van der Waals surface area contributed by atoms with E-state index < -0.39 is 0 Å². The van der Waals surface area contributed by atoms with Crippen LogP contribution in [0.4, 0.5) is 0 Å². The van der Waals surface area contributed by atoms with Crippen LogP contribution in [0.5, 0.6) is 0 Å². The van der Waals surface area contributed by atoms with E-state index in [4.69, 9.17) is 4.84 Å². The lowest BCUT2D eigenvalue weighted by Gasteiger charge is -1.91. The molecule has 0 amide bonds. The zero-order chi connectivity index (χ0) is 6.95. The third-order valence-corrected chi connectivity index (χ3v) is 0.700. The summed E-state index contributed by atoms with van der Waals surface area (Å²) in [6.07, 6.45) is 6.11. The van der Waals surface area contributed by atoms with E-state index >= 15 is 0 Å². The summed E-state index contributed by atoms with van der Waals surface area (Å²) >= 11 is 0. The maximum absolute atomic E-state index is 4.76. The summed E-state index contributed by atoms with van der Waals surface area (Å²) in [6, 6.07) is 0. The van der Waals surface area contributed by atoms with Crippen LogP contribution < -0.4 is 0 Å². The van der Waals surface area contributed by atoms with Gasteiger partial charge in [0.1, 0.15) is 12.8 Å². The Morgan fingerprint density at radius 2 is 2.56 bits per heavy atom. The Morgan fingerprint density at radius 3 is 3.11 bits per heavy atom. The van der Waals surface area contributed by atoms with Crippen LogP contribution in [0.25, 0.3) is 0 Å². The van der Waals surface area contributed by atoms with Gasteiger partial charge >= 0.3 is 0 Å². The van der Waals surface area contributed by atoms with Crippen LogP contribution in [-0.2, 0) is 4.84 Å². The van der Waals surface area contributed by atoms with Crippen molar-refractivity contribution in [3.05, 3.63) is 12.7 Å². The summed E-state index contributed by atoms with van der Waals surface area (Å²) in [5, 5.41) is 3.53. The van der Waals surface area contributed by atoms with E-state index in [-0.39, 0.29) is 0 Å². The number of hydrogen-bond acceptors (Lipinski definition) is 2. The first-order chi connectivity index (χ1) is 4.41. The highest BCUT2D eigenvalue weighted by atomic mass is 16.6. The highest BCUT2D eigenvalue weighted by molar-refractivity contribution is 5.55. The minimum Gasteiger partial charge on any atom is -0.395 e. The van der Waals surface area contributed by atoms with E-state index in [1.165, 1.54) is 0 Å². The molecule has 2 heteroatoms. The van der Waals surface area contributed by atoms with E-state index in [0.29, 0.717) is 6.61 Å². The summed E-state index contributed by atoms with van der Waals surface area (Å²) in [6.45, 7) is 6.10. The zero-order valence-corrected chi connectivity index (χ0v) is 5.76. The molecule has 0 heterocycles. The normalized spacial score (nSPS) is 9.89. The molecule has 0 atom stereocenters. The lowest BCUT2D eigenvalue weighted by Crippen LogP contribution is -1.84. The standard InChI is InChI=1S/C7H12NO/c1-3-5-7-9-8-6-4-2/h3H,1,4-5,7H2,2H3. The summed E-state index contributed by atoms with van der Waals surface area (Å²) in [7, 11) is 0. The molecule has 2 nitrogen and oxygen atoms in total. The Bertz CT molecular complexity index is 88.9. The van der Waals surface area contributed by atoms with Crippen molar-refractivity contribution in [1.29, 1.82) is 0 Å². The maximum Gasteiger partial charge on any atom is 0.120 e. The van der Waals surface area contributed by atoms with Crippen molar-refractivity contribution in [1.82, 2.24) is 0 Å². The van der Waals surface area contributed by atoms with Crippen molar-refractivity contribution in [2.24, 2.45) is 5.16 Å². The number of nitrogens with zero attached hydrogens (tertiary/aromatic N) is 1. The molecule has 0 spiro atoms. The van der Waals surface area contributed by atoms with E-state index in [1.807, 2.05) is 6.92 Å². The van der Waals surface area contributed by atoms with Gasteiger partial charge in [-0.1, -0.05) is 18.2 Å². The zero-order valence-electron chi connectivity index (χ0n) is 5.76. The molecule has 0 aromatic heterocycles. The fourth-order valence-corrected chi connectivity index (χ4v) is 0.292. The molecule has 0 unspecified atom stereocenters. The van der Waals surface area contributed by atoms with Gasteiger partial charge in [-0.3, -0.25) is 0 Å². The van der Waals surface area contributed by atoms with Crippen molar-refractivity contribution < 1.29 is 4.84 Å². The van der Waals surface area contributed by atoms with Crippen molar-refractivity contribution in [2.75, 3.05) is 6.61 Å². The van der Waals surface area contributed by atoms with Gasteiger partial charge < -0.3 is 4.84 Å². The maximum atomic E-state index is 4.76. The fraction of sp³-hybridized carbons (Fsp3) is 0.571.